The van der Waals surface area contributed by atoms with Crippen molar-refractivity contribution in [2.24, 2.45) is 0 Å². The van der Waals surface area contributed by atoms with Crippen molar-refractivity contribution in [1.29, 1.82) is 0 Å². The van der Waals surface area contributed by atoms with Gasteiger partial charge in [0.25, 0.3) is 0 Å². The smallest absolute Gasteiger partial charge is 0.103 e. The molecular formula is C11H17NS3. The van der Waals surface area contributed by atoms with E-state index in [1.807, 2.05) is 17.5 Å². The molecule has 1 aromatic heterocycles. The fourth-order valence-electron chi connectivity index (χ4n) is 1.91. The molecule has 1 aromatic rings. The Kier molecular flexibility index (Phi) is 4.85. The number of hydrogen-bond donors (Lipinski definition) is 1. The zero-order valence-corrected chi connectivity index (χ0v) is 11.3. The fourth-order valence-corrected chi connectivity index (χ4v) is 4.32. The van der Waals surface area contributed by atoms with Crippen LogP contribution in [0.5, 0.6) is 0 Å². The molecule has 1 nitrogen and oxygen atoms in total. The van der Waals surface area contributed by atoms with Gasteiger partial charge in [-0.2, -0.15) is 24.4 Å². The Morgan fingerprint density at radius 3 is 2.87 bits per heavy atom. The second kappa shape index (κ2) is 6.16. The van der Waals surface area contributed by atoms with Gasteiger partial charge in [-0.3, -0.25) is 0 Å². The summed E-state index contributed by atoms with van der Waals surface area (Å²) in [7, 11) is 0. The highest BCUT2D eigenvalue weighted by Crippen LogP contribution is 2.31. The average molecular weight is 259 g/mol. The van der Waals surface area contributed by atoms with E-state index in [1.54, 1.807) is 0 Å². The molecule has 0 saturated heterocycles. The minimum absolute atomic E-state index is 0.825. The molecule has 1 saturated carbocycles. The van der Waals surface area contributed by atoms with Gasteiger partial charge in [-0.1, -0.05) is 19.3 Å². The van der Waals surface area contributed by atoms with E-state index < -0.39 is 0 Å². The molecular weight excluding hydrogens is 242 g/mol. The lowest BCUT2D eigenvalue weighted by Crippen LogP contribution is -2.07. The number of hydrogen-bond acceptors (Lipinski definition) is 4. The summed E-state index contributed by atoms with van der Waals surface area (Å²) < 4.78 is 0. The van der Waals surface area contributed by atoms with Gasteiger partial charge in [-0.05, 0) is 12.8 Å². The molecule has 15 heavy (non-hydrogen) atoms. The van der Waals surface area contributed by atoms with Crippen LogP contribution in [0.25, 0.3) is 0 Å². The third-order valence-corrected chi connectivity index (χ3v) is 5.87. The molecule has 1 heterocycles. The van der Waals surface area contributed by atoms with E-state index in [-0.39, 0.29) is 0 Å². The van der Waals surface area contributed by atoms with E-state index in [0.717, 1.165) is 16.8 Å². The molecule has 0 aliphatic heterocycles. The monoisotopic (exact) mass is 259 g/mol. The van der Waals surface area contributed by atoms with Crippen LogP contribution < -0.4 is 0 Å². The second-order valence-electron chi connectivity index (χ2n) is 3.95. The summed E-state index contributed by atoms with van der Waals surface area (Å²) in [5.41, 5.74) is 0. The predicted molar refractivity (Wildman–Crippen MR) is 73.0 cm³/mol. The normalized spacial score (nSPS) is 18.2. The van der Waals surface area contributed by atoms with Crippen molar-refractivity contribution in [2.75, 3.05) is 0 Å². The minimum atomic E-state index is 0.825. The van der Waals surface area contributed by atoms with Crippen LogP contribution in [-0.2, 0) is 11.5 Å². The molecule has 1 aliphatic rings. The maximum atomic E-state index is 4.42. The Bertz CT molecular complexity index is 292. The standard InChI is InChI=1S/C11H17NS3/c13-7-10-6-12-11(15-10)8-14-9-4-2-1-3-5-9/h6,9,13H,1-5,7-8H2. The average Bonchev–Trinajstić information content (AvgIpc) is 2.76. The molecule has 84 valence electrons. The summed E-state index contributed by atoms with van der Waals surface area (Å²) in [5.74, 6) is 1.93. The molecule has 0 atom stereocenters. The third-order valence-electron chi connectivity index (χ3n) is 2.75. The van der Waals surface area contributed by atoms with E-state index in [2.05, 4.69) is 29.4 Å². The van der Waals surface area contributed by atoms with Gasteiger partial charge in [0.1, 0.15) is 5.01 Å². The first-order valence-electron chi connectivity index (χ1n) is 5.54. The SMILES string of the molecule is SCc1cnc(CSC2CCCCC2)s1. The zero-order chi connectivity index (χ0) is 10.5. The molecule has 0 spiro atoms. The Balaban J connectivity index is 1.76. The molecule has 0 amide bonds. The van der Waals surface area contributed by atoms with Crippen molar-refractivity contribution in [3.8, 4) is 0 Å². The Morgan fingerprint density at radius 1 is 1.40 bits per heavy atom. The highest BCUT2D eigenvalue weighted by atomic mass is 32.2. The topological polar surface area (TPSA) is 12.9 Å². The number of thiol groups is 1. The lowest BCUT2D eigenvalue weighted by molar-refractivity contribution is 0.516. The summed E-state index contributed by atoms with van der Waals surface area (Å²) in [6.45, 7) is 0. The van der Waals surface area contributed by atoms with Gasteiger partial charge in [0, 0.05) is 27.8 Å². The van der Waals surface area contributed by atoms with Crippen molar-refractivity contribution < 1.29 is 0 Å². The second-order valence-corrected chi connectivity index (χ2v) is 6.75. The predicted octanol–water partition coefficient (Wildman–Crippen LogP) is 4.14. The highest BCUT2D eigenvalue weighted by Gasteiger charge is 2.14. The molecule has 4 heteroatoms. The van der Waals surface area contributed by atoms with Crippen LogP contribution in [0.2, 0.25) is 0 Å². The van der Waals surface area contributed by atoms with Crippen LogP contribution in [0.3, 0.4) is 0 Å². The lowest BCUT2D eigenvalue weighted by Gasteiger charge is -2.20. The minimum Gasteiger partial charge on any atom is -0.248 e. The maximum absolute atomic E-state index is 4.42. The maximum Gasteiger partial charge on any atom is 0.103 e. The molecule has 0 bridgehead atoms. The van der Waals surface area contributed by atoms with Crippen molar-refractivity contribution in [3.05, 3.63) is 16.1 Å². The van der Waals surface area contributed by atoms with Crippen molar-refractivity contribution in [2.45, 2.75) is 48.9 Å². The van der Waals surface area contributed by atoms with Crippen molar-refractivity contribution >= 4 is 35.7 Å². The summed E-state index contributed by atoms with van der Waals surface area (Å²) in [4.78, 5) is 5.71. The van der Waals surface area contributed by atoms with Crippen LogP contribution in [0, 0.1) is 0 Å². The number of thiazole rings is 1. The fraction of sp³-hybridized carbons (Fsp3) is 0.727. The van der Waals surface area contributed by atoms with Gasteiger partial charge in [0.05, 0.1) is 0 Å². The van der Waals surface area contributed by atoms with E-state index in [0.29, 0.717) is 0 Å². The number of thioether (sulfide) groups is 1. The van der Waals surface area contributed by atoms with E-state index in [1.165, 1.54) is 42.0 Å². The van der Waals surface area contributed by atoms with Gasteiger partial charge < -0.3 is 0 Å². The third kappa shape index (κ3) is 3.68. The highest BCUT2D eigenvalue weighted by molar-refractivity contribution is 7.99. The number of aromatic nitrogens is 1. The van der Waals surface area contributed by atoms with Crippen molar-refractivity contribution in [3.63, 3.8) is 0 Å². The lowest BCUT2D eigenvalue weighted by atomic mass is 10.0. The summed E-state index contributed by atoms with van der Waals surface area (Å²) >= 11 is 8.17. The van der Waals surface area contributed by atoms with Crippen LogP contribution >= 0.6 is 35.7 Å². The van der Waals surface area contributed by atoms with E-state index >= 15 is 0 Å². The van der Waals surface area contributed by atoms with Crippen LogP contribution in [0.1, 0.15) is 42.0 Å². The van der Waals surface area contributed by atoms with Crippen LogP contribution in [0.4, 0.5) is 0 Å². The Hall–Kier alpha value is 0.330. The van der Waals surface area contributed by atoms with Gasteiger partial charge in [0.15, 0.2) is 0 Å². The first-order valence-corrected chi connectivity index (χ1v) is 8.04. The molecule has 1 aliphatic carbocycles. The Labute approximate surface area is 105 Å². The van der Waals surface area contributed by atoms with Gasteiger partial charge >= 0.3 is 0 Å². The molecule has 0 aromatic carbocycles. The molecule has 0 radical (unpaired) electrons. The molecule has 1 fully saturated rings. The quantitative estimate of drug-likeness (QED) is 0.816. The van der Waals surface area contributed by atoms with Crippen molar-refractivity contribution in [1.82, 2.24) is 4.98 Å². The molecule has 2 rings (SSSR count). The molecule has 0 unspecified atom stereocenters. The zero-order valence-electron chi connectivity index (χ0n) is 8.82. The summed E-state index contributed by atoms with van der Waals surface area (Å²) in [6.07, 6.45) is 9.09. The van der Waals surface area contributed by atoms with E-state index in [4.69, 9.17) is 0 Å². The van der Waals surface area contributed by atoms with Gasteiger partial charge in [0.2, 0.25) is 0 Å². The number of rotatable bonds is 4. The first-order chi connectivity index (χ1) is 7.38. The molecule has 0 N–H and O–H groups in total. The van der Waals surface area contributed by atoms with E-state index in [9.17, 15) is 0 Å². The van der Waals surface area contributed by atoms with Gasteiger partial charge in [-0.25, -0.2) is 4.98 Å². The Morgan fingerprint density at radius 2 is 2.20 bits per heavy atom. The summed E-state index contributed by atoms with van der Waals surface area (Å²) in [6, 6.07) is 0. The number of nitrogens with zero attached hydrogens (tertiary/aromatic N) is 1. The summed E-state index contributed by atoms with van der Waals surface area (Å²) in [5, 5.41) is 2.16. The first kappa shape index (κ1) is 11.8. The van der Waals surface area contributed by atoms with Crippen LogP contribution in [0.15, 0.2) is 6.20 Å². The largest absolute Gasteiger partial charge is 0.248 e. The van der Waals surface area contributed by atoms with Crippen LogP contribution in [-0.4, -0.2) is 10.2 Å². The van der Waals surface area contributed by atoms with Gasteiger partial charge in [-0.15, -0.1) is 11.3 Å².